The van der Waals surface area contributed by atoms with Crippen LogP contribution >= 0.6 is 22.9 Å². The van der Waals surface area contributed by atoms with E-state index in [1.807, 2.05) is 37.3 Å². The van der Waals surface area contributed by atoms with Crippen LogP contribution in [-0.2, 0) is 31.5 Å². The van der Waals surface area contributed by atoms with Gasteiger partial charge in [-0.1, -0.05) is 53.6 Å². The third-order valence-corrected chi connectivity index (χ3v) is 12.4. The Kier molecular flexibility index (Phi) is 8.77. The maximum Gasteiger partial charge on any atom is 0.269 e. The maximum atomic E-state index is 14.4. The number of halogens is 1. The zero-order valence-electron chi connectivity index (χ0n) is 26.0. The second-order valence-corrected chi connectivity index (χ2v) is 15.5. The highest BCUT2D eigenvalue weighted by atomic mass is 35.5. The summed E-state index contributed by atoms with van der Waals surface area (Å²) >= 11 is 8.38. The number of thiazole rings is 1. The second kappa shape index (κ2) is 12.8. The van der Waals surface area contributed by atoms with E-state index >= 15 is 0 Å². The number of ether oxygens (including phenoxy) is 2. The molecule has 5 aromatic rings. The molecular weight excluding hydrogens is 640 g/mol. The smallest absolute Gasteiger partial charge is 0.269 e. The highest BCUT2D eigenvalue weighted by Gasteiger charge is 2.43. The lowest BCUT2D eigenvalue weighted by Crippen LogP contribution is -2.37. The van der Waals surface area contributed by atoms with Gasteiger partial charge < -0.3 is 14.4 Å². The molecule has 11 heteroatoms. The van der Waals surface area contributed by atoms with Crippen LogP contribution in [0.5, 0.6) is 0 Å². The molecule has 1 saturated heterocycles. The fourth-order valence-corrected chi connectivity index (χ4v) is 9.42. The molecule has 0 N–H and O–H groups in total. The molecule has 1 saturated carbocycles. The Labute approximate surface area is 279 Å². The molecule has 0 unspecified atom stereocenters. The highest BCUT2D eigenvalue weighted by Crippen LogP contribution is 2.49. The molecule has 1 aliphatic heterocycles. The molecule has 0 spiro atoms. The molecule has 2 fully saturated rings. The highest BCUT2D eigenvalue weighted by molar-refractivity contribution is 7.90. The number of nitrogens with zero attached hydrogens (tertiary/aromatic N) is 4. The van der Waals surface area contributed by atoms with E-state index < -0.39 is 15.6 Å². The Morgan fingerprint density at radius 1 is 0.978 bits per heavy atom. The Morgan fingerprint density at radius 2 is 1.72 bits per heavy atom. The average molecular weight is 677 g/mol. The second-order valence-electron chi connectivity index (χ2n) is 12.3. The first-order chi connectivity index (χ1) is 22.3. The van der Waals surface area contributed by atoms with Crippen LogP contribution in [0.1, 0.15) is 48.2 Å². The average Bonchev–Trinajstić information content (AvgIpc) is 3.81. The van der Waals surface area contributed by atoms with Crippen molar-refractivity contribution < 1.29 is 17.9 Å². The molecule has 4 heterocycles. The molecule has 2 aliphatic rings. The van der Waals surface area contributed by atoms with Crippen LogP contribution in [0.15, 0.2) is 71.9 Å². The number of aryl methyl sites for hydroxylation is 1. The van der Waals surface area contributed by atoms with E-state index in [2.05, 4.69) is 22.0 Å². The summed E-state index contributed by atoms with van der Waals surface area (Å²) in [6.07, 6.45) is 9.62. The van der Waals surface area contributed by atoms with Gasteiger partial charge in [-0.2, -0.15) is 0 Å². The fourth-order valence-electron chi connectivity index (χ4n) is 6.44. The Bertz CT molecular complexity index is 1960. The number of likely N-dealkylation sites (tertiary alicyclic amines) is 1. The molecule has 0 atom stereocenters. The molecule has 8 nitrogen and oxygen atoms in total. The quantitative estimate of drug-likeness (QED) is 0.133. The Morgan fingerprint density at radius 3 is 2.39 bits per heavy atom. The first kappa shape index (κ1) is 31.5. The summed E-state index contributed by atoms with van der Waals surface area (Å²) in [5, 5.41) is 1.94. The number of hydrogen-bond donors (Lipinski definition) is 0. The third kappa shape index (κ3) is 5.80. The van der Waals surface area contributed by atoms with Gasteiger partial charge in [-0.15, -0.1) is 11.3 Å². The maximum absolute atomic E-state index is 14.4. The molecule has 2 aromatic carbocycles. The lowest BCUT2D eigenvalue weighted by molar-refractivity contribution is -0.171. The first-order valence-electron chi connectivity index (χ1n) is 15.7. The van der Waals surface area contributed by atoms with Gasteiger partial charge in [0.2, 0.25) is 0 Å². The summed E-state index contributed by atoms with van der Waals surface area (Å²) in [4.78, 5) is 12.9. The number of aromatic nitrogens is 3. The van der Waals surface area contributed by atoms with Crippen molar-refractivity contribution in [1.82, 2.24) is 18.8 Å². The van der Waals surface area contributed by atoms with Gasteiger partial charge in [0.05, 0.1) is 20.5 Å². The first-order valence-corrected chi connectivity index (χ1v) is 18.4. The minimum absolute atomic E-state index is 0.190. The van der Waals surface area contributed by atoms with Crippen molar-refractivity contribution in [2.75, 3.05) is 33.5 Å². The van der Waals surface area contributed by atoms with E-state index in [1.165, 1.54) is 39.9 Å². The number of rotatable bonds is 11. The van der Waals surface area contributed by atoms with Crippen molar-refractivity contribution in [2.24, 2.45) is 0 Å². The molecule has 46 heavy (non-hydrogen) atoms. The summed E-state index contributed by atoms with van der Waals surface area (Å²) in [5.41, 5.74) is 4.07. The van der Waals surface area contributed by atoms with Crippen molar-refractivity contribution >= 4 is 44.0 Å². The van der Waals surface area contributed by atoms with E-state index in [1.54, 1.807) is 25.4 Å². The summed E-state index contributed by atoms with van der Waals surface area (Å²) < 4.78 is 41.5. The molecule has 0 amide bonds. The van der Waals surface area contributed by atoms with Crippen molar-refractivity contribution in [2.45, 2.75) is 55.9 Å². The zero-order valence-corrected chi connectivity index (χ0v) is 28.4. The predicted molar refractivity (Wildman–Crippen MR) is 183 cm³/mol. The molecule has 240 valence electrons. The van der Waals surface area contributed by atoms with Crippen LogP contribution in [0.2, 0.25) is 5.02 Å². The van der Waals surface area contributed by atoms with E-state index in [9.17, 15) is 8.42 Å². The van der Waals surface area contributed by atoms with Gasteiger partial charge >= 0.3 is 0 Å². The Hall–Kier alpha value is -3.12. The van der Waals surface area contributed by atoms with Gasteiger partial charge in [-0.05, 0) is 87.9 Å². The zero-order chi connectivity index (χ0) is 31.9. The third-order valence-electron chi connectivity index (χ3n) is 9.22. The van der Waals surface area contributed by atoms with Crippen molar-refractivity contribution in [1.29, 1.82) is 0 Å². The van der Waals surface area contributed by atoms with E-state index in [0.29, 0.717) is 27.3 Å². The Balaban J connectivity index is 1.34. The van der Waals surface area contributed by atoms with Gasteiger partial charge in [-0.25, -0.2) is 22.4 Å². The standard InChI is InChI=1S/C35H37ClN4O4S2/c1-24-6-12-27(13-7-24)46(41,42)40-30(26-10-8-25(9-11-26)14-19-39-17-3-4-18-39)20-28-32(29(36)21-37-33(28)40)31-22-38-34(45-31)35(15-5-16-35)44-23-43-2/h6-13,20-22H,3-5,14-19,23H2,1-2H3. The predicted octanol–water partition coefficient (Wildman–Crippen LogP) is 7.66. The van der Waals surface area contributed by atoms with Gasteiger partial charge in [0.15, 0.2) is 5.65 Å². The summed E-state index contributed by atoms with van der Waals surface area (Å²) in [5.74, 6) is 0. The molecule has 1 aliphatic carbocycles. The minimum atomic E-state index is -4.03. The normalized spacial score (nSPS) is 16.7. The van der Waals surface area contributed by atoms with E-state index in [0.717, 1.165) is 66.3 Å². The summed E-state index contributed by atoms with van der Waals surface area (Å²) in [6, 6.07) is 17.0. The molecule has 0 radical (unpaired) electrons. The van der Waals surface area contributed by atoms with E-state index in [4.69, 9.17) is 26.1 Å². The number of pyridine rings is 1. The monoisotopic (exact) mass is 676 g/mol. The lowest BCUT2D eigenvalue weighted by atomic mass is 9.80. The van der Waals surface area contributed by atoms with Crippen LogP contribution in [-0.4, -0.2) is 60.8 Å². The largest absolute Gasteiger partial charge is 0.359 e. The molecular formula is C35H37ClN4O4S2. The lowest BCUT2D eigenvalue weighted by Gasteiger charge is -2.39. The van der Waals surface area contributed by atoms with Crippen molar-refractivity contribution in [3.05, 3.63) is 88.1 Å². The number of methoxy groups -OCH3 is 1. The number of benzene rings is 2. The SMILES string of the molecule is COCOC1(c2ncc(-c3c(Cl)cnc4c3cc(-c3ccc(CCN5CCCC5)cc3)n4S(=O)(=O)c3ccc(C)cc3)s2)CCC1. The van der Waals surface area contributed by atoms with Crippen LogP contribution in [0.4, 0.5) is 0 Å². The van der Waals surface area contributed by atoms with Crippen molar-refractivity contribution in [3.8, 4) is 21.7 Å². The number of fused-ring (bicyclic) bond motifs is 1. The van der Waals surface area contributed by atoms with Gasteiger partial charge in [0.1, 0.15) is 17.4 Å². The summed E-state index contributed by atoms with van der Waals surface area (Å²) in [7, 11) is -2.41. The molecule has 7 rings (SSSR count). The van der Waals surface area contributed by atoms with Gasteiger partial charge in [0, 0.05) is 37.0 Å². The van der Waals surface area contributed by atoms with E-state index in [-0.39, 0.29) is 11.7 Å². The van der Waals surface area contributed by atoms with Crippen molar-refractivity contribution in [3.63, 3.8) is 0 Å². The van der Waals surface area contributed by atoms with Crippen LogP contribution in [0.25, 0.3) is 32.7 Å². The van der Waals surface area contributed by atoms with Crippen LogP contribution < -0.4 is 0 Å². The van der Waals surface area contributed by atoms with Gasteiger partial charge in [0.25, 0.3) is 10.0 Å². The molecule has 3 aromatic heterocycles. The summed E-state index contributed by atoms with van der Waals surface area (Å²) in [6.45, 7) is 5.48. The van der Waals surface area contributed by atoms with Crippen LogP contribution in [0.3, 0.4) is 0 Å². The fraction of sp³-hybridized carbons (Fsp3) is 0.371. The minimum Gasteiger partial charge on any atom is -0.359 e. The topological polar surface area (TPSA) is 86.6 Å². The van der Waals surface area contributed by atoms with Crippen LogP contribution in [0, 0.1) is 6.92 Å². The van der Waals surface area contributed by atoms with Gasteiger partial charge in [-0.3, -0.25) is 0 Å². The molecule has 0 bridgehead atoms. The number of hydrogen-bond acceptors (Lipinski definition) is 8.